The number of hydrogen-bond acceptors (Lipinski definition) is 9. The molecule has 1 aromatic heterocycles. The van der Waals surface area contributed by atoms with Crippen LogP contribution in [0.1, 0.15) is 49.4 Å². The van der Waals surface area contributed by atoms with Gasteiger partial charge in [0, 0.05) is 48.0 Å². The van der Waals surface area contributed by atoms with Crippen molar-refractivity contribution in [3.05, 3.63) is 106 Å². The van der Waals surface area contributed by atoms with Gasteiger partial charge in [0.15, 0.2) is 0 Å². The number of nitriles is 1. The summed E-state index contributed by atoms with van der Waals surface area (Å²) in [7, 11) is 2.27. The molecule has 2 aromatic carbocycles. The standard InChI is InChI=1S/C41H49ClN4O7/c1-39(2)34(32-10-6-5-7-11-32)12-8-13-41(39,53-17-9-14-46(4)15-18-50-19-16-46)29-52-37-22-36(51-27-31-20-30(23-43)24-44-25-31)33(21-35(37)42)26-45-40(3,28-47)38(48)49/h5-8,10-13,20-22,24-25,45,47H,9,14-19,26-29H2,1-4H3/p+1/t40?,41-/m0/s1. The molecule has 0 amide bonds. The van der Waals surface area contributed by atoms with Crippen LogP contribution in [0.3, 0.4) is 0 Å². The van der Waals surface area contributed by atoms with Gasteiger partial charge in [0.05, 0.1) is 50.6 Å². The highest BCUT2D eigenvalue weighted by atomic mass is 35.5. The molecule has 2 aliphatic rings. The van der Waals surface area contributed by atoms with Crippen molar-refractivity contribution in [1.29, 1.82) is 5.26 Å². The van der Waals surface area contributed by atoms with E-state index in [9.17, 15) is 20.3 Å². The summed E-state index contributed by atoms with van der Waals surface area (Å²) in [5, 5.41) is 32.1. The number of aliphatic hydroxyl groups is 1. The summed E-state index contributed by atoms with van der Waals surface area (Å²) in [6.45, 7) is 10.3. The Labute approximate surface area is 317 Å². The Morgan fingerprint density at radius 1 is 1.13 bits per heavy atom. The zero-order chi connectivity index (χ0) is 38.1. The fourth-order valence-electron chi connectivity index (χ4n) is 6.65. The number of likely N-dealkylation sites (N-methyl/N-ethyl adjacent to an activating group) is 1. The van der Waals surface area contributed by atoms with Gasteiger partial charge in [-0.25, -0.2) is 0 Å². The molecule has 282 valence electrons. The quantitative estimate of drug-likeness (QED) is 0.115. The first kappa shape index (κ1) is 39.9. The number of carboxylic acids is 1. The summed E-state index contributed by atoms with van der Waals surface area (Å²) in [4.78, 5) is 16.0. The number of aliphatic hydroxyl groups excluding tert-OH is 1. The molecule has 2 atom stereocenters. The number of rotatable bonds is 17. The Morgan fingerprint density at radius 3 is 2.58 bits per heavy atom. The highest BCUT2D eigenvalue weighted by molar-refractivity contribution is 6.32. The molecule has 11 nitrogen and oxygen atoms in total. The van der Waals surface area contributed by atoms with Gasteiger partial charge in [-0.05, 0) is 36.3 Å². The molecule has 1 saturated heterocycles. The van der Waals surface area contributed by atoms with Gasteiger partial charge in [-0.2, -0.15) is 5.26 Å². The highest BCUT2D eigenvalue weighted by Gasteiger charge is 2.49. The van der Waals surface area contributed by atoms with E-state index in [1.807, 2.05) is 24.3 Å². The maximum Gasteiger partial charge on any atom is 0.326 e. The molecule has 0 saturated carbocycles. The van der Waals surface area contributed by atoms with Crippen LogP contribution in [-0.2, 0) is 27.4 Å². The maximum atomic E-state index is 11.9. The van der Waals surface area contributed by atoms with Gasteiger partial charge < -0.3 is 33.6 Å². The molecular formula is C41H50ClN4O7+. The van der Waals surface area contributed by atoms with Crippen LogP contribution in [0.15, 0.2) is 79.2 Å². The van der Waals surface area contributed by atoms with E-state index in [1.54, 1.807) is 24.4 Å². The summed E-state index contributed by atoms with van der Waals surface area (Å²) < 4.78 is 26.3. The predicted octanol–water partition coefficient (Wildman–Crippen LogP) is 5.79. The van der Waals surface area contributed by atoms with Gasteiger partial charge in [-0.1, -0.05) is 67.9 Å². The number of pyridine rings is 1. The number of nitrogens with zero attached hydrogens (tertiary/aromatic N) is 3. The SMILES string of the molecule is CC(CO)(NCc1cc(Cl)c(OC[C@@]2(OCCC[N+]3(C)CCOCC3)C=CC=C(c3ccccc3)C2(C)C)cc1OCc1cncc(C#N)c1)C(=O)O. The van der Waals surface area contributed by atoms with E-state index < -0.39 is 29.1 Å². The number of allylic oxidation sites excluding steroid dienone is 2. The van der Waals surface area contributed by atoms with Crippen LogP contribution < -0.4 is 14.8 Å². The predicted molar refractivity (Wildman–Crippen MR) is 202 cm³/mol. The van der Waals surface area contributed by atoms with Crippen molar-refractivity contribution in [3.63, 3.8) is 0 Å². The van der Waals surface area contributed by atoms with E-state index in [4.69, 9.17) is 30.5 Å². The number of carboxylic acid groups (broad SMARTS) is 1. The van der Waals surface area contributed by atoms with E-state index in [0.717, 1.165) is 54.9 Å². The van der Waals surface area contributed by atoms with E-state index >= 15 is 0 Å². The van der Waals surface area contributed by atoms with E-state index in [2.05, 4.69) is 61.5 Å². The number of ether oxygens (including phenoxy) is 4. The average molecular weight is 746 g/mol. The lowest BCUT2D eigenvalue weighted by Gasteiger charge is -2.47. The summed E-state index contributed by atoms with van der Waals surface area (Å²) in [6, 6.07) is 17.4. The molecule has 0 radical (unpaired) electrons. The first-order valence-electron chi connectivity index (χ1n) is 17.9. The normalized spacial score (nSPS) is 20.1. The fraction of sp³-hybridized carbons (Fsp3) is 0.439. The minimum absolute atomic E-state index is 0.0206. The third-order valence-electron chi connectivity index (χ3n) is 10.5. The number of carbonyl (C=O) groups is 1. The van der Waals surface area contributed by atoms with Crippen LogP contribution in [0.5, 0.6) is 11.5 Å². The minimum atomic E-state index is -1.60. The first-order chi connectivity index (χ1) is 25.3. The molecule has 12 heteroatoms. The highest BCUT2D eigenvalue weighted by Crippen LogP contribution is 2.49. The molecule has 3 N–H and O–H groups in total. The number of quaternary nitrogens is 1. The van der Waals surface area contributed by atoms with Crippen LogP contribution in [0.2, 0.25) is 5.02 Å². The summed E-state index contributed by atoms with van der Waals surface area (Å²) >= 11 is 6.89. The monoisotopic (exact) mass is 745 g/mol. The van der Waals surface area contributed by atoms with Crippen molar-refractivity contribution in [2.75, 3.05) is 59.7 Å². The Balaban J connectivity index is 1.43. The minimum Gasteiger partial charge on any atom is -0.488 e. The van der Waals surface area contributed by atoms with Gasteiger partial charge >= 0.3 is 5.97 Å². The van der Waals surface area contributed by atoms with Crippen molar-refractivity contribution in [1.82, 2.24) is 10.3 Å². The number of morpholine rings is 1. The first-order valence-corrected chi connectivity index (χ1v) is 18.2. The van der Waals surface area contributed by atoms with Crippen LogP contribution in [0.4, 0.5) is 0 Å². The van der Waals surface area contributed by atoms with Gasteiger partial charge in [-0.15, -0.1) is 0 Å². The number of nitrogens with one attached hydrogen (secondary N) is 1. The second-order valence-corrected chi connectivity index (χ2v) is 15.1. The number of halogens is 1. The van der Waals surface area contributed by atoms with Crippen LogP contribution in [0, 0.1) is 16.7 Å². The van der Waals surface area contributed by atoms with E-state index in [-0.39, 0.29) is 19.8 Å². The maximum absolute atomic E-state index is 11.9. The lowest BCUT2D eigenvalue weighted by atomic mass is 9.65. The summed E-state index contributed by atoms with van der Waals surface area (Å²) in [6.07, 6.45) is 10.2. The van der Waals surface area contributed by atoms with Crippen molar-refractivity contribution in [2.24, 2.45) is 5.41 Å². The molecule has 1 aliphatic carbocycles. The molecule has 1 unspecified atom stereocenters. The number of benzene rings is 2. The van der Waals surface area contributed by atoms with Crippen molar-refractivity contribution in [3.8, 4) is 17.6 Å². The zero-order valence-electron chi connectivity index (χ0n) is 30.9. The fourth-order valence-corrected chi connectivity index (χ4v) is 6.89. The smallest absolute Gasteiger partial charge is 0.326 e. The number of aromatic nitrogens is 1. The second-order valence-electron chi connectivity index (χ2n) is 14.7. The molecule has 1 aliphatic heterocycles. The lowest BCUT2D eigenvalue weighted by molar-refractivity contribution is -0.917. The molecular weight excluding hydrogens is 696 g/mol. The molecule has 0 bridgehead atoms. The third kappa shape index (κ3) is 9.45. The van der Waals surface area contributed by atoms with Gasteiger partial charge in [0.1, 0.15) is 55.0 Å². The van der Waals surface area contributed by atoms with Gasteiger partial charge in [0.2, 0.25) is 0 Å². The van der Waals surface area contributed by atoms with Gasteiger partial charge in [0.25, 0.3) is 0 Å². The topological polar surface area (TPSA) is 143 Å². The molecule has 3 aromatic rings. The second kappa shape index (κ2) is 17.2. The molecule has 53 heavy (non-hydrogen) atoms. The van der Waals surface area contributed by atoms with E-state index in [0.29, 0.717) is 39.8 Å². The molecule has 1 fully saturated rings. The van der Waals surface area contributed by atoms with Crippen LogP contribution in [0.25, 0.3) is 5.57 Å². The summed E-state index contributed by atoms with van der Waals surface area (Å²) in [5.74, 6) is -0.469. The Hall–Kier alpha value is -4.28. The van der Waals surface area contributed by atoms with Crippen molar-refractivity contribution >= 4 is 23.1 Å². The zero-order valence-corrected chi connectivity index (χ0v) is 31.7. The Kier molecular flexibility index (Phi) is 13.0. The van der Waals surface area contributed by atoms with Crippen molar-refractivity contribution < 1.29 is 38.4 Å². The van der Waals surface area contributed by atoms with Gasteiger partial charge in [-0.3, -0.25) is 15.1 Å². The largest absolute Gasteiger partial charge is 0.488 e. The number of hydrogen-bond donors (Lipinski definition) is 3. The molecule has 2 heterocycles. The van der Waals surface area contributed by atoms with Crippen LogP contribution in [-0.4, -0.2) is 96.5 Å². The summed E-state index contributed by atoms with van der Waals surface area (Å²) in [5.41, 5.74) is 0.815. The molecule has 0 spiro atoms. The third-order valence-corrected chi connectivity index (χ3v) is 10.8. The van der Waals surface area contributed by atoms with E-state index in [1.165, 1.54) is 13.1 Å². The van der Waals surface area contributed by atoms with Crippen molar-refractivity contribution in [2.45, 2.75) is 51.5 Å². The Morgan fingerprint density at radius 2 is 1.89 bits per heavy atom. The Bertz CT molecular complexity index is 1840. The average Bonchev–Trinajstić information content (AvgIpc) is 3.16. The van der Waals surface area contributed by atoms with Crippen LogP contribution >= 0.6 is 11.6 Å². The lowest BCUT2D eigenvalue weighted by Crippen LogP contribution is -2.54. The number of aliphatic carboxylic acids is 1. The molecule has 5 rings (SSSR count).